The number of hydrogen-bond donors (Lipinski definition) is 1. The highest BCUT2D eigenvalue weighted by Crippen LogP contribution is 2.24. The lowest BCUT2D eigenvalue weighted by molar-refractivity contribution is 0.102. The molecule has 1 heterocycles. The van der Waals surface area contributed by atoms with Gasteiger partial charge in [-0.05, 0) is 47.5 Å². The Hall–Kier alpha value is -2.60. The molecule has 0 radical (unpaired) electrons. The second-order valence-electron chi connectivity index (χ2n) is 5.90. The molecule has 0 aliphatic carbocycles. The summed E-state index contributed by atoms with van der Waals surface area (Å²) in [7, 11) is 0. The fourth-order valence-corrected chi connectivity index (χ4v) is 3.09. The van der Waals surface area contributed by atoms with Crippen LogP contribution >= 0.6 is 15.9 Å². The maximum atomic E-state index is 12.6. The van der Waals surface area contributed by atoms with Crippen molar-refractivity contribution < 1.29 is 9.53 Å². The van der Waals surface area contributed by atoms with Crippen LogP contribution in [0, 0.1) is 6.92 Å². The number of carbonyl (C=O) groups excluding carboxylic acids is 1. The summed E-state index contributed by atoms with van der Waals surface area (Å²) in [6, 6.07) is 15.4. The molecule has 0 unspecified atom stereocenters. The number of para-hydroxylation sites is 1. The van der Waals surface area contributed by atoms with Crippen LogP contribution in [-0.4, -0.2) is 22.3 Å². The minimum absolute atomic E-state index is 0.254. The van der Waals surface area contributed by atoms with Crippen molar-refractivity contribution in [3.8, 4) is 5.75 Å². The topological polar surface area (TPSA) is 56.1 Å². The van der Waals surface area contributed by atoms with E-state index in [9.17, 15) is 4.79 Å². The number of rotatable bonds is 6. The smallest absolute Gasteiger partial charge is 0.260 e. The van der Waals surface area contributed by atoms with Crippen LogP contribution in [0.3, 0.4) is 0 Å². The molecule has 1 amide bonds. The van der Waals surface area contributed by atoms with Crippen LogP contribution in [0.1, 0.15) is 28.4 Å². The number of benzene rings is 2. The average molecular weight is 414 g/mol. The van der Waals surface area contributed by atoms with Crippen LogP contribution in [0.5, 0.6) is 5.75 Å². The molecular weight excluding hydrogens is 394 g/mol. The number of anilines is 1. The van der Waals surface area contributed by atoms with E-state index in [0.29, 0.717) is 30.3 Å². The summed E-state index contributed by atoms with van der Waals surface area (Å²) in [4.78, 5) is 12.6. The van der Waals surface area contributed by atoms with Crippen molar-refractivity contribution in [3.63, 3.8) is 0 Å². The van der Waals surface area contributed by atoms with Crippen LogP contribution in [-0.2, 0) is 6.54 Å². The molecule has 3 aromatic rings. The van der Waals surface area contributed by atoms with Gasteiger partial charge in [0.15, 0.2) is 5.82 Å². The molecule has 134 valence electrons. The van der Waals surface area contributed by atoms with E-state index >= 15 is 0 Å². The first-order chi connectivity index (χ1) is 12.6. The van der Waals surface area contributed by atoms with Crippen LogP contribution in [0.2, 0.25) is 0 Å². The molecule has 5 nitrogen and oxygen atoms in total. The van der Waals surface area contributed by atoms with E-state index in [4.69, 9.17) is 4.74 Å². The minimum Gasteiger partial charge on any atom is -0.493 e. The zero-order valence-corrected chi connectivity index (χ0v) is 16.3. The van der Waals surface area contributed by atoms with E-state index < -0.39 is 0 Å². The first-order valence-electron chi connectivity index (χ1n) is 8.38. The second kappa shape index (κ2) is 8.19. The summed E-state index contributed by atoms with van der Waals surface area (Å²) in [6.07, 6.45) is 1.85. The third-order valence-corrected chi connectivity index (χ3v) is 4.39. The van der Waals surface area contributed by atoms with Crippen LogP contribution in [0.25, 0.3) is 0 Å². The summed E-state index contributed by atoms with van der Waals surface area (Å²) in [5, 5.41) is 7.32. The van der Waals surface area contributed by atoms with Crippen molar-refractivity contribution >= 4 is 27.7 Å². The summed E-state index contributed by atoms with van der Waals surface area (Å²) < 4.78 is 8.05. The number of aromatic nitrogens is 2. The van der Waals surface area contributed by atoms with Crippen LogP contribution in [0.4, 0.5) is 5.82 Å². The predicted molar refractivity (Wildman–Crippen MR) is 106 cm³/mol. The normalized spacial score (nSPS) is 10.6. The number of ether oxygens (including phenoxy) is 1. The van der Waals surface area contributed by atoms with Crippen molar-refractivity contribution in [1.29, 1.82) is 0 Å². The highest BCUT2D eigenvalue weighted by Gasteiger charge is 2.15. The second-order valence-corrected chi connectivity index (χ2v) is 6.75. The molecular formula is C20H20BrN3O2. The number of hydrogen-bond acceptors (Lipinski definition) is 3. The van der Waals surface area contributed by atoms with Gasteiger partial charge in [-0.3, -0.25) is 9.48 Å². The fourth-order valence-electron chi connectivity index (χ4n) is 2.67. The van der Waals surface area contributed by atoms with Crippen molar-refractivity contribution in [1.82, 2.24) is 9.78 Å². The minimum atomic E-state index is -0.254. The lowest BCUT2D eigenvalue weighted by atomic mass is 10.1. The quantitative estimate of drug-likeness (QED) is 0.639. The first-order valence-corrected chi connectivity index (χ1v) is 9.17. The molecule has 0 bridgehead atoms. The summed E-state index contributed by atoms with van der Waals surface area (Å²) >= 11 is 3.47. The Morgan fingerprint density at radius 2 is 2.04 bits per heavy atom. The molecule has 0 atom stereocenters. The average Bonchev–Trinajstić information content (AvgIpc) is 2.94. The Balaban J connectivity index is 1.76. The third kappa shape index (κ3) is 4.32. The van der Waals surface area contributed by atoms with Gasteiger partial charge >= 0.3 is 0 Å². The molecule has 1 aromatic heterocycles. The molecule has 0 aliphatic heterocycles. The summed E-state index contributed by atoms with van der Waals surface area (Å²) in [6.45, 7) is 5.08. The van der Waals surface area contributed by atoms with Crippen molar-refractivity contribution in [2.75, 3.05) is 11.9 Å². The Morgan fingerprint density at radius 3 is 2.81 bits per heavy atom. The van der Waals surface area contributed by atoms with Gasteiger partial charge in [0.1, 0.15) is 5.75 Å². The largest absolute Gasteiger partial charge is 0.493 e. The zero-order valence-electron chi connectivity index (χ0n) is 14.7. The fraction of sp³-hybridized carbons (Fsp3) is 0.200. The highest BCUT2D eigenvalue weighted by atomic mass is 79.9. The number of amides is 1. The van der Waals surface area contributed by atoms with E-state index in [1.807, 2.05) is 31.3 Å². The maximum Gasteiger partial charge on any atom is 0.260 e. The number of carbonyl (C=O) groups is 1. The lowest BCUT2D eigenvalue weighted by Gasteiger charge is -2.09. The summed E-state index contributed by atoms with van der Waals surface area (Å²) in [5.41, 5.74) is 2.84. The van der Waals surface area contributed by atoms with Crippen LogP contribution in [0.15, 0.2) is 59.2 Å². The standard InChI is InChI=1S/C20H20BrN3O2/c1-3-26-18-10-5-4-9-16(18)20(25)22-19-17(21)13-24(23-19)12-15-8-6-7-14(2)11-15/h4-11,13H,3,12H2,1-2H3,(H,22,23,25). The molecule has 0 fully saturated rings. The van der Waals surface area contributed by atoms with Gasteiger partial charge in [-0.25, -0.2) is 0 Å². The van der Waals surface area contributed by atoms with E-state index in [1.165, 1.54) is 5.56 Å². The van der Waals surface area contributed by atoms with Gasteiger partial charge in [0.25, 0.3) is 5.91 Å². The maximum absolute atomic E-state index is 12.6. The monoisotopic (exact) mass is 413 g/mol. The van der Waals surface area contributed by atoms with Gasteiger partial charge in [-0.15, -0.1) is 0 Å². The SMILES string of the molecule is CCOc1ccccc1C(=O)Nc1nn(Cc2cccc(C)c2)cc1Br. The molecule has 0 aliphatic rings. The number of nitrogens with one attached hydrogen (secondary N) is 1. The molecule has 1 N–H and O–H groups in total. The van der Waals surface area contributed by atoms with Crippen molar-refractivity contribution in [2.45, 2.75) is 20.4 Å². The van der Waals surface area contributed by atoms with Crippen LogP contribution < -0.4 is 10.1 Å². The third-order valence-electron chi connectivity index (χ3n) is 3.81. The van der Waals surface area contributed by atoms with Gasteiger partial charge in [-0.1, -0.05) is 42.0 Å². The molecule has 6 heteroatoms. The van der Waals surface area contributed by atoms with E-state index in [1.54, 1.807) is 16.8 Å². The van der Waals surface area contributed by atoms with Crippen molar-refractivity contribution in [3.05, 3.63) is 75.9 Å². The van der Waals surface area contributed by atoms with Gasteiger partial charge in [0.2, 0.25) is 0 Å². The molecule has 0 saturated carbocycles. The Morgan fingerprint density at radius 1 is 1.23 bits per heavy atom. The van der Waals surface area contributed by atoms with Gasteiger partial charge in [0, 0.05) is 6.20 Å². The van der Waals surface area contributed by atoms with E-state index in [2.05, 4.69) is 51.5 Å². The van der Waals surface area contributed by atoms with Gasteiger partial charge in [-0.2, -0.15) is 5.10 Å². The number of halogens is 1. The Bertz CT molecular complexity index is 921. The Kier molecular flexibility index (Phi) is 5.73. The van der Waals surface area contributed by atoms with Gasteiger partial charge in [0.05, 0.1) is 23.2 Å². The number of nitrogens with zero attached hydrogens (tertiary/aromatic N) is 2. The summed E-state index contributed by atoms with van der Waals surface area (Å²) in [5.74, 6) is 0.785. The molecule has 2 aromatic carbocycles. The molecule has 26 heavy (non-hydrogen) atoms. The first kappa shape index (κ1) is 18.2. The number of aryl methyl sites for hydroxylation is 1. The predicted octanol–water partition coefficient (Wildman–Crippen LogP) is 4.65. The molecule has 3 rings (SSSR count). The van der Waals surface area contributed by atoms with E-state index in [-0.39, 0.29) is 5.91 Å². The Labute approximate surface area is 161 Å². The van der Waals surface area contributed by atoms with Gasteiger partial charge < -0.3 is 10.1 Å². The lowest BCUT2D eigenvalue weighted by Crippen LogP contribution is -2.14. The van der Waals surface area contributed by atoms with Crippen molar-refractivity contribution in [2.24, 2.45) is 0 Å². The highest BCUT2D eigenvalue weighted by molar-refractivity contribution is 9.10. The van der Waals surface area contributed by atoms with E-state index in [0.717, 1.165) is 10.0 Å². The molecule has 0 saturated heterocycles. The molecule has 0 spiro atoms. The zero-order chi connectivity index (χ0) is 18.5.